The lowest BCUT2D eigenvalue weighted by Crippen LogP contribution is -2.45. The van der Waals surface area contributed by atoms with Crippen LogP contribution in [0.5, 0.6) is 5.75 Å². The predicted molar refractivity (Wildman–Crippen MR) is 73.9 cm³/mol. The van der Waals surface area contributed by atoms with Crippen LogP contribution in [0.4, 0.5) is 13.2 Å². The fraction of sp³-hybridized carbons (Fsp3) is 0.467. The summed E-state index contributed by atoms with van der Waals surface area (Å²) in [5.74, 6) is -2.53. The largest absolute Gasteiger partial charge is 0.573 e. The quantitative estimate of drug-likeness (QED) is 0.925. The third-order valence-electron chi connectivity index (χ3n) is 3.82. The number of aliphatic carboxylic acids is 1. The third kappa shape index (κ3) is 4.37. The van der Waals surface area contributed by atoms with Crippen LogP contribution in [0.3, 0.4) is 0 Å². The summed E-state index contributed by atoms with van der Waals surface area (Å²) in [5, 5.41) is 9.07. The van der Waals surface area contributed by atoms with Crippen LogP contribution >= 0.6 is 0 Å². The summed E-state index contributed by atoms with van der Waals surface area (Å²) in [6, 6.07) is 4.86. The van der Waals surface area contributed by atoms with E-state index in [1.807, 2.05) is 0 Å². The van der Waals surface area contributed by atoms with E-state index in [0.29, 0.717) is 6.42 Å². The van der Waals surface area contributed by atoms with Crippen molar-refractivity contribution in [1.29, 1.82) is 0 Å². The average molecular weight is 331 g/mol. The van der Waals surface area contributed by atoms with Crippen LogP contribution in [0.1, 0.15) is 23.7 Å². The number of likely N-dealkylation sites (tertiary alicyclic amines) is 1. The third-order valence-corrected chi connectivity index (χ3v) is 3.82. The molecule has 2 atom stereocenters. The van der Waals surface area contributed by atoms with E-state index >= 15 is 0 Å². The molecular weight excluding hydrogens is 315 g/mol. The number of hydrogen-bond acceptors (Lipinski definition) is 3. The van der Waals surface area contributed by atoms with E-state index < -0.39 is 29.9 Å². The van der Waals surface area contributed by atoms with E-state index in [1.165, 1.54) is 17.0 Å². The molecule has 0 aliphatic carbocycles. The molecule has 1 N–H and O–H groups in total. The summed E-state index contributed by atoms with van der Waals surface area (Å²) >= 11 is 0. The summed E-state index contributed by atoms with van der Waals surface area (Å²) < 4.78 is 40.5. The van der Waals surface area contributed by atoms with Crippen molar-refractivity contribution in [2.45, 2.75) is 19.7 Å². The number of ether oxygens (including phenoxy) is 1. The molecule has 2 rings (SSSR count). The van der Waals surface area contributed by atoms with Crippen molar-refractivity contribution in [2.24, 2.45) is 11.8 Å². The molecule has 1 amide bonds. The second-order valence-corrected chi connectivity index (χ2v) is 5.54. The van der Waals surface area contributed by atoms with Gasteiger partial charge >= 0.3 is 12.3 Å². The molecule has 8 heteroatoms. The Hall–Kier alpha value is -2.25. The molecule has 0 aromatic heterocycles. The van der Waals surface area contributed by atoms with Crippen LogP contribution < -0.4 is 4.74 Å². The molecule has 0 saturated carbocycles. The number of carboxylic acid groups (broad SMARTS) is 1. The number of carbonyl (C=O) groups is 2. The first-order chi connectivity index (χ1) is 10.7. The normalized spacial score (nSPS) is 21.8. The summed E-state index contributed by atoms with van der Waals surface area (Å²) in [6.07, 6.45) is -4.50. The van der Waals surface area contributed by atoms with Crippen molar-refractivity contribution in [2.75, 3.05) is 13.1 Å². The van der Waals surface area contributed by atoms with E-state index in [4.69, 9.17) is 5.11 Å². The SMILES string of the molecule is CC1CN(C(=O)c2cccc(OC(F)(F)F)c2)CCC1C(=O)O. The van der Waals surface area contributed by atoms with Crippen LogP contribution in [0.2, 0.25) is 0 Å². The van der Waals surface area contributed by atoms with Crippen molar-refractivity contribution >= 4 is 11.9 Å². The van der Waals surface area contributed by atoms with E-state index in [1.54, 1.807) is 6.92 Å². The number of alkyl halides is 3. The molecule has 126 valence electrons. The first-order valence-corrected chi connectivity index (χ1v) is 7.05. The summed E-state index contributed by atoms with van der Waals surface area (Å²) in [5.41, 5.74) is 0.0766. The van der Waals surface area contributed by atoms with Crippen LogP contribution in [0.25, 0.3) is 0 Å². The first kappa shape index (κ1) is 17.1. The van der Waals surface area contributed by atoms with Gasteiger partial charge in [0.15, 0.2) is 0 Å². The van der Waals surface area contributed by atoms with E-state index in [0.717, 1.165) is 12.1 Å². The second kappa shape index (κ2) is 6.47. The fourth-order valence-electron chi connectivity index (χ4n) is 2.71. The minimum absolute atomic E-state index is 0.0766. The zero-order valence-electron chi connectivity index (χ0n) is 12.3. The molecule has 1 heterocycles. The molecule has 1 saturated heterocycles. The smallest absolute Gasteiger partial charge is 0.481 e. The number of carbonyl (C=O) groups excluding carboxylic acids is 1. The van der Waals surface area contributed by atoms with Gasteiger partial charge in [0.05, 0.1) is 5.92 Å². The number of piperidine rings is 1. The van der Waals surface area contributed by atoms with Gasteiger partial charge < -0.3 is 14.7 Å². The Morgan fingerprint density at radius 3 is 2.61 bits per heavy atom. The number of halogens is 3. The first-order valence-electron chi connectivity index (χ1n) is 7.05. The molecule has 2 unspecified atom stereocenters. The minimum atomic E-state index is -4.82. The Bertz CT molecular complexity index is 603. The summed E-state index contributed by atoms with van der Waals surface area (Å²) in [6.45, 7) is 2.24. The van der Waals surface area contributed by atoms with Gasteiger partial charge in [-0.2, -0.15) is 0 Å². The Morgan fingerprint density at radius 1 is 1.35 bits per heavy atom. The predicted octanol–water partition coefficient (Wildman–Crippen LogP) is 2.77. The fourth-order valence-corrected chi connectivity index (χ4v) is 2.71. The van der Waals surface area contributed by atoms with Crippen LogP contribution in [-0.2, 0) is 4.79 Å². The van der Waals surface area contributed by atoms with E-state index in [2.05, 4.69) is 4.74 Å². The van der Waals surface area contributed by atoms with Gasteiger partial charge in [0, 0.05) is 18.7 Å². The minimum Gasteiger partial charge on any atom is -0.481 e. The number of benzene rings is 1. The van der Waals surface area contributed by atoms with Gasteiger partial charge in [-0.1, -0.05) is 13.0 Å². The molecule has 0 spiro atoms. The van der Waals surface area contributed by atoms with Gasteiger partial charge in [0.25, 0.3) is 5.91 Å². The zero-order chi connectivity index (χ0) is 17.2. The topological polar surface area (TPSA) is 66.8 Å². The van der Waals surface area contributed by atoms with E-state index in [9.17, 15) is 22.8 Å². The molecule has 1 aromatic carbocycles. The monoisotopic (exact) mass is 331 g/mol. The lowest BCUT2D eigenvalue weighted by atomic mass is 9.87. The Kier molecular flexibility index (Phi) is 4.82. The lowest BCUT2D eigenvalue weighted by Gasteiger charge is -2.35. The number of rotatable bonds is 3. The van der Waals surface area contributed by atoms with Crippen molar-refractivity contribution in [3.63, 3.8) is 0 Å². The highest BCUT2D eigenvalue weighted by Gasteiger charge is 2.34. The lowest BCUT2D eigenvalue weighted by molar-refractivity contribution is -0.274. The van der Waals surface area contributed by atoms with Crippen LogP contribution in [0.15, 0.2) is 24.3 Å². The molecule has 1 aliphatic heterocycles. The molecule has 0 radical (unpaired) electrons. The second-order valence-electron chi connectivity index (χ2n) is 5.54. The summed E-state index contributed by atoms with van der Waals surface area (Å²) in [4.78, 5) is 24.9. The van der Waals surface area contributed by atoms with E-state index in [-0.39, 0.29) is 24.6 Å². The standard InChI is InChI=1S/C15H16F3NO4/c1-9-8-19(6-5-12(9)14(21)22)13(20)10-3-2-4-11(7-10)23-15(16,17)18/h2-4,7,9,12H,5-6,8H2,1H3,(H,21,22). The van der Waals surface area contributed by atoms with Gasteiger partial charge in [-0.3, -0.25) is 9.59 Å². The number of carboxylic acids is 1. The highest BCUT2D eigenvalue weighted by Crippen LogP contribution is 2.27. The molecule has 1 fully saturated rings. The van der Waals surface area contributed by atoms with Crippen molar-refractivity contribution in [1.82, 2.24) is 4.90 Å². The van der Waals surface area contributed by atoms with Crippen LogP contribution in [0, 0.1) is 11.8 Å². The van der Waals surface area contributed by atoms with Gasteiger partial charge in [-0.15, -0.1) is 13.2 Å². The van der Waals surface area contributed by atoms with Gasteiger partial charge in [-0.05, 0) is 30.5 Å². The molecule has 1 aliphatic rings. The Balaban J connectivity index is 2.09. The molecule has 23 heavy (non-hydrogen) atoms. The highest BCUT2D eigenvalue weighted by atomic mass is 19.4. The summed E-state index contributed by atoms with van der Waals surface area (Å²) in [7, 11) is 0. The molecular formula is C15H16F3NO4. The maximum atomic E-state index is 12.4. The maximum Gasteiger partial charge on any atom is 0.573 e. The molecule has 0 bridgehead atoms. The Morgan fingerprint density at radius 2 is 2.04 bits per heavy atom. The molecule has 1 aromatic rings. The number of amides is 1. The highest BCUT2D eigenvalue weighted by molar-refractivity contribution is 5.94. The van der Waals surface area contributed by atoms with Gasteiger partial charge in [0.2, 0.25) is 0 Å². The van der Waals surface area contributed by atoms with Crippen molar-refractivity contribution in [3.05, 3.63) is 29.8 Å². The maximum absolute atomic E-state index is 12.4. The van der Waals surface area contributed by atoms with Gasteiger partial charge in [-0.25, -0.2) is 0 Å². The number of nitrogens with zero attached hydrogens (tertiary/aromatic N) is 1. The van der Waals surface area contributed by atoms with Crippen molar-refractivity contribution in [3.8, 4) is 5.75 Å². The average Bonchev–Trinajstić information content (AvgIpc) is 2.44. The number of hydrogen-bond donors (Lipinski definition) is 1. The van der Waals surface area contributed by atoms with Crippen LogP contribution in [-0.4, -0.2) is 41.3 Å². The zero-order valence-corrected chi connectivity index (χ0v) is 12.3. The van der Waals surface area contributed by atoms with Crippen molar-refractivity contribution < 1.29 is 32.6 Å². The molecule has 5 nitrogen and oxygen atoms in total. The van der Waals surface area contributed by atoms with Gasteiger partial charge in [0.1, 0.15) is 5.75 Å². The Labute approximate surface area is 130 Å².